The van der Waals surface area contributed by atoms with Crippen molar-refractivity contribution >= 4 is 33.4 Å². The minimum atomic E-state index is -0.263. The number of nitrogens with one attached hydrogen (secondary N) is 2. The van der Waals surface area contributed by atoms with Gasteiger partial charge in [-0.3, -0.25) is 9.59 Å². The van der Waals surface area contributed by atoms with Crippen LogP contribution < -0.4 is 10.6 Å². The third-order valence-electron chi connectivity index (χ3n) is 3.34. The van der Waals surface area contributed by atoms with Gasteiger partial charge in [-0.25, -0.2) is 0 Å². The third kappa shape index (κ3) is 4.30. The monoisotopic (exact) mass is 352 g/mol. The van der Waals surface area contributed by atoms with Crippen molar-refractivity contribution < 1.29 is 9.59 Å². The van der Waals surface area contributed by atoms with Gasteiger partial charge in [-0.2, -0.15) is 0 Å². The van der Waals surface area contributed by atoms with Crippen LogP contribution in [0.25, 0.3) is 0 Å². The number of amides is 2. The molecule has 0 heterocycles. The zero-order valence-electron chi connectivity index (χ0n) is 12.8. The smallest absolute Gasteiger partial charge is 0.228 e. The van der Waals surface area contributed by atoms with E-state index < -0.39 is 0 Å². The second-order valence-electron chi connectivity index (χ2n) is 6.66. The van der Waals surface area contributed by atoms with Gasteiger partial charge in [-0.15, -0.1) is 0 Å². The summed E-state index contributed by atoms with van der Waals surface area (Å²) in [5.74, 6) is -0.548. The molecule has 0 aliphatic heterocycles. The summed E-state index contributed by atoms with van der Waals surface area (Å²) < 4.78 is 0.854. The van der Waals surface area contributed by atoms with Crippen LogP contribution in [0.5, 0.6) is 0 Å². The number of benzene rings is 1. The molecule has 1 aromatic carbocycles. The lowest BCUT2D eigenvalue weighted by atomic mass is 10.1. The summed E-state index contributed by atoms with van der Waals surface area (Å²) in [4.78, 5) is 24.2. The van der Waals surface area contributed by atoms with Crippen LogP contribution in [0.15, 0.2) is 22.7 Å². The molecule has 1 saturated carbocycles. The van der Waals surface area contributed by atoms with Crippen molar-refractivity contribution in [3.63, 3.8) is 0 Å². The summed E-state index contributed by atoms with van der Waals surface area (Å²) in [6.45, 7) is 7.80. The van der Waals surface area contributed by atoms with E-state index >= 15 is 0 Å². The molecular weight excluding hydrogens is 332 g/mol. The average molecular weight is 353 g/mol. The standard InChI is InChI=1S/C16H21BrN2O2/c1-9-5-6-13(12(17)7-9)18-14(20)10-8-11(10)15(21)19-16(2,3)4/h5-7,10-11H,8H2,1-4H3,(H,18,20)(H,19,21). The molecule has 2 N–H and O–H groups in total. The molecule has 2 rings (SSSR count). The molecule has 1 aromatic rings. The van der Waals surface area contributed by atoms with Gasteiger partial charge in [0.1, 0.15) is 0 Å². The second-order valence-corrected chi connectivity index (χ2v) is 7.51. The van der Waals surface area contributed by atoms with Gasteiger partial charge < -0.3 is 10.6 Å². The Balaban J connectivity index is 1.93. The fourth-order valence-electron chi connectivity index (χ4n) is 2.18. The van der Waals surface area contributed by atoms with Crippen LogP contribution >= 0.6 is 15.9 Å². The number of carbonyl (C=O) groups excluding carboxylic acids is 2. The molecule has 0 spiro atoms. The lowest BCUT2D eigenvalue weighted by molar-refractivity contribution is -0.126. The third-order valence-corrected chi connectivity index (χ3v) is 4.00. The topological polar surface area (TPSA) is 58.2 Å². The molecule has 2 atom stereocenters. The first-order valence-corrected chi connectivity index (χ1v) is 7.86. The number of halogens is 1. The van der Waals surface area contributed by atoms with E-state index in [9.17, 15) is 9.59 Å². The number of hydrogen-bond acceptors (Lipinski definition) is 2. The van der Waals surface area contributed by atoms with Crippen LogP contribution in [-0.4, -0.2) is 17.4 Å². The van der Waals surface area contributed by atoms with Gasteiger partial charge >= 0.3 is 0 Å². The maximum Gasteiger partial charge on any atom is 0.228 e. The van der Waals surface area contributed by atoms with Crippen molar-refractivity contribution in [1.82, 2.24) is 5.32 Å². The molecule has 5 heteroatoms. The van der Waals surface area contributed by atoms with Crippen LogP contribution in [0.1, 0.15) is 32.8 Å². The first-order chi connectivity index (χ1) is 9.67. The van der Waals surface area contributed by atoms with Crippen LogP contribution in [0.2, 0.25) is 0 Å². The molecule has 21 heavy (non-hydrogen) atoms. The lowest BCUT2D eigenvalue weighted by Crippen LogP contribution is -2.42. The molecule has 1 aliphatic rings. The second kappa shape index (κ2) is 5.79. The van der Waals surface area contributed by atoms with E-state index in [0.717, 1.165) is 15.7 Å². The molecule has 114 valence electrons. The van der Waals surface area contributed by atoms with Crippen LogP contribution in [0, 0.1) is 18.8 Å². The van der Waals surface area contributed by atoms with E-state index in [4.69, 9.17) is 0 Å². The summed E-state index contributed by atoms with van der Waals surface area (Å²) >= 11 is 3.43. The Labute approximate surface area is 133 Å². The highest BCUT2D eigenvalue weighted by Crippen LogP contribution is 2.40. The quantitative estimate of drug-likeness (QED) is 0.877. The molecule has 2 amide bonds. The highest BCUT2D eigenvalue weighted by Gasteiger charge is 2.48. The average Bonchev–Trinajstić information content (AvgIpc) is 3.10. The maximum atomic E-state index is 12.2. The van der Waals surface area contributed by atoms with Crippen LogP contribution in [0.3, 0.4) is 0 Å². The van der Waals surface area contributed by atoms with E-state index in [0.29, 0.717) is 6.42 Å². The molecule has 0 radical (unpaired) electrons. The first kappa shape index (κ1) is 16.0. The van der Waals surface area contributed by atoms with E-state index in [-0.39, 0.29) is 29.2 Å². The summed E-state index contributed by atoms with van der Waals surface area (Å²) in [6, 6.07) is 5.76. The Morgan fingerprint density at radius 2 is 1.81 bits per heavy atom. The van der Waals surface area contributed by atoms with Crippen molar-refractivity contribution in [2.75, 3.05) is 5.32 Å². The Kier molecular flexibility index (Phi) is 4.42. The van der Waals surface area contributed by atoms with Crippen LogP contribution in [-0.2, 0) is 9.59 Å². The number of anilines is 1. The summed E-state index contributed by atoms with van der Waals surface area (Å²) in [6.07, 6.45) is 0.622. The van der Waals surface area contributed by atoms with Gasteiger partial charge in [-0.1, -0.05) is 6.07 Å². The lowest BCUT2D eigenvalue weighted by Gasteiger charge is -2.20. The predicted octanol–water partition coefficient (Wildman–Crippen LogP) is 3.25. The zero-order chi connectivity index (χ0) is 15.8. The van der Waals surface area contributed by atoms with E-state index in [1.807, 2.05) is 45.9 Å². The van der Waals surface area contributed by atoms with Crippen molar-refractivity contribution in [1.29, 1.82) is 0 Å². The molecule has 4 nitrogen and oxygen atoms in total. The minimum Gasteiger partial charge on any atom is -0.351 e. The summed E-state index contributed by atoms with van der Waals surface area (Å²) in [7, 11) is 0. The normalized spacial score (nSPS) is 20.8. The van der Waals surface area contributed by atoms with Crippen molar-refractivity contribution in [3.05, 3.63) is 28.2 Å². The van der Waals surface area contributed by atoms with Gasteiger partial charge in [0.2, 0.25) is 11.8 Å². The molecule has 0 saturated heterocycles. The molecule has 1 aliphatic carbocycles. The SMILES string of the molecule is Cc1ccc(NC(=O)C2CC2C(=O)NC(C)(C)C)c(Br)c1. The fraction of sp³-hybridized carbons (Fsp3) is 0.500. The van der Waals surface area contributed by atoms with Crippen molar-refractivity contribution in [2.24, 2.45) is 11.8 Å². The fourth-order valence-corrected chi connectivity index (χ4v) is 2.78. The molecule has 0 bridgehead atoms. The Bertz CT molecular complexity index is 578. The number of carbonyl (C=O) groups is 2. The Morgan fingerprint density at radius 3 is 2.38 bits per heavy atom. The number of hydrogen-bond donors (Lipinski definition) is 2. The van der Waals surface area contributed by atoms with Gasteiger partial charge in [0.25, 0.3) is 0 Å². The van der Waals surface area contributed by atoms with Gasteiger partial charge in [-0.05, 0) is 67.7 Å². The largest absolute Gasteiger partial charge is 0.351 e. The van der Waals surface area contributed by atoms with Gasteiger partial charge in [0, 0.05) is 10.0 Å². The van der Waals surface area contributed by atoms with E-state index in [2.05, 4.69) is 26.6 Å². The highest BCUT2D eigenvalue weighted by molar-refractivity contribution is 9.10. The van der Waals surface area contributed by atoms with Gasteiger partial charge in [0.15, 0.2) is 0 Å². The summed E-state index contributed by atoms with van der Waals surface area (Å²) in [5.41, 5.74) is 1.60. The van der Waals surface area contributed by atoms with Crippen molar-refractivity contribution in [2.45, 2.75) is 39.7 Å². The first-order valence-electron chi connectivity index (χ1n) is 7.06. The predicted molar refractivity (Wildman–Crippen MR) is 87.0 cm³/mol. The van der Waals surface area contributed by atoms with Crippen molar-refractivity contribution in [3.8, 4) is 0 Å². The maximum absolute atomic E-state index is 12.2. The molecule has 2 unspecified atom stereocenters. The van der Waals surface area contributed by atoms with E-state index in [1.165, 1.54) is 0 Å². The number of rotatable bonds is 3. The Morgan fingerprint density at radius 1 is 1.19 bits per heavy atom. The summed E-state index contributed by atoms with van der Waals surface area (Å²) in [5, 5.41) is 5.80. The Hall–Kier alpha value is -1.36. The van der Waals surface area contributed by atoms with E-state index in [1.54, 1.807) is 0 Å². The minimum absolute atomic E-state index is 0.0365. The van der Waals surface area contributed by atoms with Crippen LogP contribution in [0.4, 0.5) is 5.69 Å². The molecular formula is C16H21BrN2O2. The zero-order valence-corrected chi connectivity index (χ0v) is 14.4. The number of aryl methyl sites for hydroxylation is 1. The van der Waals surface area contributed by atoms with Gasteiger partial charge in [0.05, 0.1) is 17.5 Å². The molecule has 1 fully saturated rings. The highest BCUT2D eigenvalue weighted by atomic mass is 79.9. The molecule has 0 aromatic heterocycles.